The Morgan fingerprint density at radius 2 is 2.44 bits per heavy atom. The molecular formula is C7H16N2. The van der Waals surface area contributed by atoms with Gasteiger partial charge in [-0.3, -0.25) is 0 Å². The van der Waals surface area contributed by atoms with Crippen LogP contribution in [0.5, 0.6) is 0 Å². The molecule has 2 nitrogen and oxygen atoms in total. The highest BCUT2D eigenvalue weighted by Gasteiger charge is 2.26. The molecule has 1 rings (SSSR count). The van der Waals surface area contributed by atoms with E-state index in [1.165, 1.54) is 19.4 Å². The summed E-state index contributed by atoms with van der Waals surface area (Å²) in [5.74, 6) is 0. The van der Waals surface area contributed by atoms with Crippen LogP contribution in [0.25, 0.3) is 0 Å². The van der Waals surface area contributed by atoms with Crippen molar-refractivity contribution in [3.05, 3.63) is 0 Å². The SMILES string of the molecule is CNC[C@]1(C)CCCN1. The highest BCUT2D eigenvalue weighted by atomic mass is 15.0. The molecule has 54 valence electrons. The third-order valence-electron chi connectivity index (χ3n) is 2.02. The third-order valence-corrected chi connectivity index (χ3v) is 2.02. The van der Waals surface area contributed by atoms with E-state index in [4.69, 9.17) is 0 Å². The minimum absolute atomic E-state index is 0.384. The average molecular weight is 128 g/mol. The smallest absolute Gasteiger partial charge is 0.0278 e. The molecule has 1 saturated heterocycles. The second kappa shape index (κ2) is 2.67. The molecule has 0 bridgehead atoms. The van der Waals surface area contributed by atoms with Gasteiger partial charge in [0, 0.05) is 12.1 Å². The number of nitrogens with one attached hydrogen (secondary N) is 2. The summed E-state index contributed by atoms with van der Waals surface area (Å²) in [6.45, 7) is 4.56. The predicted molar refractivity (Wildman–Crippen MR) is 39.6 cm³/mol. The number of rotatable bonds is 2. The van der Waals surface area contributed by atoms with Gasteiger partial charge in [-0.15, -0.1) is 0 Å². The first kappa shape index (κ1) is 7.03. The fourth-order valence-corrected chi connectivity index (χ4v) is 1.50. The van der Waals surface area contributed by atoms with E-state index in [-0.39, 0.29) is 0 Å². The predicted octanol–water partition coefficient (Wildman–Crippen LogP) is 0.348. The topological polar surface area (TPSA) is 24.1 Å². The lowest BCUT2D eigenvalue weighted by molar-refractivity contribution is 0.399. The normalized spacial score (nSPS) is 35.3. The Kier molecular flexibility index (Phi) is 2.09. The van der Waals surface area contributed by atoms with E-state index < -0.39 is 0 Å². The Labute approximate surface area is 57.0 Å². The van der Waals surface area contributed by atoms with E-state index in [1.807, 2.05) is 7.05 Å². The zero-order chi connectivity index (χ0) is 6.74. The van der Waals surface area contributed by atoms with Crippen molar-refractivity contribution in [3.63, 3.8) is 0 Å². The number of hydrogen-bond donors (Lipinski definition) is 2. The van der Waals surface area contributed by atoms with Crippen LogP contribution in [0.1, 0.15) is 19.8 Å². The van der Waals surface area contributed by atoms with Gasteiger partial charge in [-0.2, -0.15) is 0 Å². The van der Waals surface area contributed by atoms with Gasteiger partial charge in [-0.25, -0.2) is 0 Å². The highest BCUT2D eigenvalue weighted by molar-refractivity contribution is 4.89. The molecule has 2 heteroatoms. The van der Waals surface area contributed by atoms with Crippen LogP contribution in [0.3, 0.4) is 0 Å². The van der Waals surface area contributed by atoms with Crippen LogP contribution in [-0.4, -0.2) is 25.7 Å². The van der Waals surface area contributed by atoms with Gasteiger partial charge in [-0.1, -0.05) is 0 Å². The maximum atomic E-state index is 3.47. The molecule has 0 aromatic carbocycles. The van der Waals surface area contributed by atoms with Gasteiger partial charge in [0.25, 0.3) is 0 Å². The number of likely N-dealkylation sites (N-methyl/N-ethyl adjacent to an activating group) is 1. The zero-order valence-electron chi connectivity index (χ0n) is 6.33. The first-order valence-corrected chi connectivity index (χ1v) is 3.66. The monoisotopic (exact) mass is 128 g/mol. The van der Waals surface area contributed by atoms with Crippen molar-refractivity contribution >= 4 is 0 Å². The largest absolute Gasteiger partial charge is 0.318 e. The minimum atomic E-state index is 0.384. The molecule has 1 fully saturated rings. The molecule has 0 aliphatic carbocycles. The van der Waals surface area contributed by atoms with Gasteiger partial charge >= 0.3 is 0 Å². The summed E-state index contributed by atoms with van der Waals surface area (Å²) < 4.78 is 0. The molecule has 9 heavy (non-hydrogen) atoms. The van der Waals surface area contributed by atoms with Crippen molar-refractivity contribution < 1.29 is 0 Å². The van der Waals surface area contributed by atoms with Gasteiger partial charge in [-0.05, 0) is 33.4 Å². The van der Waals surface area contributed by atoms with Crippen LogP contribution in [0.15, 0.2) is 0 Å². The summed E-state index contributed by atoms with van der Waals surface area (Å²) in [4.78, 5) is 0. The van der Waals surface area contributed by atoms with E-state index in [0.717, 1.165) is 6.54 Å². The molecule has 1 aliphatic rings. The van der Waals surface area contributed by atoms with Crippen molar-refractivity contribution in [2.75, 3.05) is 20.1 Å². The van der Waals surface area contributed by atoms with Gasteiger partial charge in [0.05, 0.1) is 0 Å². The first-order valence-electron chi connectivity index (χ1n) is 3.66. The van der Waals surface area contributed by atoms with Crippen molar-refractivity contribution in [1.29, 1.82) is 0 Å². The van der Waals surface area contributed by atoms with E-state index >= 15 is 0 Å². The van der Waals surface area contributed by atoms with E-state index in [9.17, 15) is 0 Å². The molecule has 0 unspecified atom stereocenters. The van der Waals surface area contributed by atoms with Crippen LogP contribution in [0.4, 0.5) is 0 Å². The second-order valence-corrected chi connectivity index (χ2v) is 3.12. The lowest BCUT2D eigenvalue weighted by Crippen LogP contribution is -2.44. The Bertz CT molecular complexity index is 84.9. The van der Waals surface area contributed by atoms with Crippen molar-refractivity contribution in [2.24, 2.45) is 0 Å². The maximum absolute atomic E-state index is 3.47. The van der Waals surface area contributed by atoms with E-state index in [1.54, 1.807) is 0 Å². The summed E-state index contributed by atoms with van der Waals surface area (Å²) in [5, 5.41) is 6.66. The third kappa shape index (κ3) is 1.66. The highest BCUT2D eigenvalue weighted by Crippen LogP contribution is 2.16. The van der Waals surface area contributed by atoms with Crippen LogP contribution < -0.4 is 10.6 Å². The molecule has 0 saturated carbocycles. The van der Waals surface area contributed by atoms with Gasteiger partial charge in [0.15, 0.2) is 0 Å². The molecule has 0 amide bonds. The Morgan fingerprint density at radius 1 is 1.67 bits per heavy atom. The molecule has 2 N–H and O–H groups in total. The van der Waals surface area contributed by atoms with Gasteiger partial charge in [0.2, 0.25) is 0 Å². The molecule has 0 spiro atoms. The summed E-state index contributed by atoms with van der Waals surface area (Å²) in [7, 11) is 2.01. The summed E-state index contributed by atoms with van der Waals surface area (Å²) in [6, 6.07) is 0. The maximum Gasteiger partial charge on any atom is 0.0278 e. The van der Waals surface area contributed by atoms with E-state index in [2.05, 4.69) is 17.6 Å². The Morgan fingerprint density at radius 3 is 2.89 bits per heavy atom. The fraction of sp³-hybridized carbons (Fsp3) is 1.00. The fourth-order valence-electron chi connectivity index (χ4n) is 1.50. The molecular weight excluding hydrogens is 112 g/mol. The van der Waals surface area contributed by atoms with Crippen molar-refractivity contribution in [1.82, 2.24) is 10.6 Å². The van der Waals surface area contributed by atoms with Crippen molar-refractivity contribution in [3.8, 4) is 0 Å². The molecule has 0 aromatic rings. The summed E-state index contributed by atoms with van der Waals surface area (Å²) in [6.07, 6.45) is 2.64. The number of hydrogen-bond acceptors (Lipinski definition) is 2. The lowest BCUT2D eigenvalue weighted by Gasteiger charge is -2.23. The van der Waals surface area contributed by atoms with Crippen LogP contribution in [0, 0.1) is 0 Å². The van der Waals surface area contributed by atoms with Gasteiger partial charge < -0.3 is 10.6 Å². The van der Waals surface area contributed by atoms with Gasteiger partial charge in [0.1, 0.15) is 0 Å². The van der Waals surface area contributed by atoms with Crippen LogP contribution >= 0.6 is 0 Å². The van der Waals surface area contributed by atoms with Crippen molar-refractivity contribution in [2.45, 2.75) is 25.3 Å². The lowest BCUT2D eigenvalue weighted by atomic mass is 10.0. The quantitative estimate of drug-likeness (QED) is 0.560. The van der Waals surface area contributed by atoms with Crippen LogP contribution in [-0.2, 0) is 0 Å². The summed E-state index contributed by atoms with van der Waals surface area (Å²) in [5.41, 5.74) is 0.384. The standard InChI is InChI=1S/C7H16N2/c1-7(6-8-2)4-3-5-9-7/h8-9H,3-6H2,1-2H3/t7-/m0/s1. The molecule has 1 atom stereocenters. The molecule has 0 aromatic heterocycles. The first-order chi connectivity index (χ1) is 4.27. The van der Waals surface area contributed by atoms with E-state index in [0.29, 0.717) is 5.54 Å². The molecule has 1 aliphatic heterocycles. The summed E-state index contributed by atoms with van der Waals surface area (Å²) >= 11 is 0. The molecule has 1 heterocycles. The Balaban J connectivity index is 2.32. The Hall–Kier alpha value is -0.0800. The zero-order valence-corrected chi connectivity index (χ0v) is 6.33. The molecule has 0 radical (unpaired) electrons. The van der Waals surface area contributed by atoms with Crippen LogP contribution in [0.2, 0.25) is 0 Å². The average Bonchev–Trinajstić information content (AvgIpc) is 2.16. The minimum Gasteiger partial charge on any atom is -0.318 e. The second-order valence-electron chi connectivity index (χ2n) is 3.12.